The van der Waals surface area contributed by atoms with Crippen molar-refractivity contribution in [2.24, 2.45) is 5.92 Å². The molecule has 0 aliphatic carbocycles. The molecule has 0 bridgehead atoms. The minimum absolute atomic E-state index is 0.184. The van der Waals surface area contributed by atoms with Crippen molar-refractivity contribution < 1.29 is 23.8 Å². The van der Waals surface area contributed by atoms with Gasteiger partial charge in [0.2, 0.25) is 5.91 Å². The number of amides is 1. The summed E-state index contributed by atoms with van der Waals surface area (Å²) in [6, 6.07) is 4.82. The number of carboxylic acids is 1. The van der Waals surface area contributed by atoms with Crippen molar-refractivity contribution in [2.75, 3.05) is 13.2 Å². The van der Waals surface area contributed by atoms with Gasteiger partial charge < -0.3 is 15.2 Å². The number of ether oxygens (including phenoxy) is 1. The zero-order valence-electron chi connectivity index (χ0n) is 11.5. The molecule has 114 valence electrons. The first-order valence-electron chi connectivity index (χ1n) is 6.89. The first-order valence-corrected chi connectivity index (χ1v) is 6.89. The van der Waals surface area contributed by atoms with E-state index in [1.807, 2.05) is 0 Å². The van der Waals surface area contributed by atoms with Gasteiger partial charge in [-0.2, -0.15) is 0 Å². The van der Waals surface area contributed by atoms with Crippen molar-refractivity contribution >= 4 is 11.9 Å². The van der Waals surface area contributed by atoms with Crippen LogP contribution in [-0.2, 0) is 14.3 Å². The number of rotatable bonds is 6. The van der Waals surface area contributed by atoms with Gasteiger partial charge >= 0.3 is 5.97 Å². The fourth-order valence-electron chi connectivity index (χ4n) is 2.38. The summed E-state index contributed by atoms with van der Waals surface area (Å²) in [5.74, 6) is -1.44. The van der Waals surface area contributed by atoms with Crippen LogP contribution in [0.25, 0.3) is 0 Å². The van der Waals surface area contributed by atoms with Crippen molar-refractivity contribution in [3.8, 4) is 0 Å². The van der Waals surface area contributed by atoms with Crippen LogP contribution in [0.4, 0.5) is 4.39 Å². The normalized spacial score (nSPS) is 19.2. The average Bonchev–Trinajstić information content (AvgIpc) is 2.91. The zero-order chi connectivity index (χ0) is 15.2. The van der Waals surface area contributed by atoms with E-state index in [0.29, 0.717) is 25.2 Å². The summed E-state index contributed by atoms with van der Waals surface area (Å²) in [6.07, 6.45) is 0.920. The molecule has 1 aromatic carbocycles. The monoisotopic (exact) mass is 295 g/mol. The maximum Gasteiger partial charge on any atom is 0.305 e. The smallest absolute Gasteiger partial charge is 0.305 e. The lowest BCUT2D eigenvalue weighted by Crippen LogP contribution is -2.31. The van der Waals surface area contributed by atoms with E-state index in [1.165, 1.54) is 24.3 Å². The Morgan fingerprint density at radius 2 is 2.10 bits per heavy atom. The van der Waals surface area contributed by atoms with Gasteiger partial charge in [-0.1, -0.05) is 12.1 Å². The average molecular weight is 295 g/mol. The highest BCUT2D eigenvalue weighted by atomic mass is 19.1. The van der Waals surface area contributed by atoms with Gasteiger partial charge in [0.05, 0.1) is 12.5 Å². The summed E-state index contributed by atoms with van der Waals surface area (Å²) in [5.41, 5.74) is 0.579. The molecule has 2 rings (SSSR count). The molecule has 0 radical (unpaired) electrons. The first-order chi connectivity index (χ1) is 10.0. The van der Waals surface area contributed by atoms with Gasteiger partial charge in [-0.3, -0.25) is 9.59 Å². The predicted molar refractivity (Wildman–Crippen MR) is 73.1 cm³/mol. The van der Waals surface area contributed by atoms with E-state index in [9.17, 15) is 14.0 Å². The zero-order valence-corrected chi connectivity index (χ0v) is 11.5. The molecule has 1 amide bonds. The number of aliphatic carboxylic acids is 1. The number of carboxylic acid groups (broad SMARTS) is 1. The largest absolute Gasteiger partial charge is 0.481 e. The number of hydrogen-bond acceptors (Lipinski definition) is 3. The molecule has 21 heavy (non-hydrogen) atoms. The highest BCUT2D eigenvalue weighted by Gasteiger charge is 2.22. The van der Waals surface area contributed by atoms with E-state index in [0.717, 1.165) is 6.42 Å². The summed E-state index contributed by atoms with van der Waals surface area (Å²) in [6.45, 7) is 1.22. The van der Waals surface area contributed by atoms with Crippen molar-refractivity contribution in [2.45, 2.75) is 25.3 Å². The molecular weight excluding hydrogens is 277 g/mol. The fraction of sp³-hybridized carbons (Fsp3) is 0.467. The van der Waals surface area contributed by atoms with Crippen molar-refractivity contribution in [1.29, 1.82) is 0 Å². The van der Waals surface area contributed by atoms with Crippen LogP contribution in [-0.4, -0.2) is 30.2 Å². The van der Waals surface area contributed by atoms with E-state index in [1.54, 1.807) is 0 Å². The lowest BCUT2D eigenvalue weighted by molar-refractivity contribution is -0.137. The van der Waals surface area contributed by atoms with Crippen LogP contribution in [0, 0.1) is 11.7 Å². The van der Waals surface area contributed by atoms with E-state index in [2.05, 4.69) is 5.32 Å². The van der Waals surface area contributed by atoms with Crippen LogP contribution in [0.3, 0.4) is 0 Å². The van der Waals surface area contributed by atoms with E-state index >= 15 is 0 Å². The molecule has 1 saturated heterocycles. The predicted octanol–water partition coefficient (Wildman–Crippen LogP) is 1.88. The molecule has 1 heterocycles. The fourth-order valence-corrected chi connectivity index (χ4v) is 2.38. The Hall–Kier alpha value is -1.95. The molecule has 6 heteroatoms. The molecule has 0 spiro atoms. The highest BCUT2D eigenvalue weighted by Crippen LogP contribution is 2.20. The Morgan fingerprint density at radius 3 is 2.67 bits per heavy atom. The highest BCUT2D eigenvalue weighted by molar-refractivity contribution is 5.78. The van der Waals surface area contributed by atoms with Crippen LogP contribution in [0.1, 0.15) is 30.9 Å². The summed E-state index contributed by atoms with van der Waals surface area (Å²) >= 11 is 0. The van der Waals surface area contributed by atoms with Gasteiger partial charge in [0.25, 0.3) is 0 Å². The molecule has 0 saturated carbocycles. The van der Waals surface area contributed by atoms with E-state index < -0.39 is 17.8 Å². The number of hydrogen-bond donors (Lipinski definition) is 2. The molecule has 0 unspecified atom stereocenters. The molecule has 1 aromatic rings. The van der Waals surface area contributed by atoms with Gasteiger partial charge in [-0.25, -0.2) is 4.39 Å². The quantitative estimate of drug-likeness (QED) is 0.840. The second-order valence-electron chi connectivity index (χ2n) is 5.20. The second-order valence-corrected chi connectivity index (χ2v) is 5.20. The van der Waals surface area contributed by atoms with Crippen LogP contribution in [0.15, 0.2) is 24.3 Å². The molecule has 1 fully saturated rings. The third-order valence-electron chi connectivity index (χ3n) is 3.48. The first kappa shape index (κ1) is 15.4. The molecule has 0 aromatic heterocycles. The van der Waals surface area contributed by atoms with Crippen molar-refractivity contribution in [1.82, 2.24) is 5.32 Å². The lowest BCUT2D eigenvalue weighted by atomic mass is 10.0. The Balaban J connectivity index is 1.99. The minimum atomic E-state index is -1.02. The number of halogens is 1. The van der Waals surface area contributed by atoms with Gasteiger partial charge in [-0.15, -0.1) is 0 Å². The molecular formula is C15H18FNO4. The molecule has 2 atom stereocenters. The molecule has 1 aliphatic rings. The van der Waals surface area contributed by atoms with Crippen LogP contribution in [0.5, 0.6) is 0 Å². The summed E-state index contributed by atoms with van der Waals surface area (Å²) < 4.78 is 18.1. The number of carbonyl (C=O) groups excluding carboxylic acids is 1. The Labute approximate surface area is 122 Å². The van der Waals surface area contributed by atoms with E-state index in [4.69, 9.17) is 9.84 Å². The summed E-state index contributed by atoms with van der Waals surface area (Å²) in [7, 11) is 0. The van der Waals surface area contributed by atoms with Crippen LogP contribution >= 0.6 is 0 Å². The number of benzene rings is 1. The van der Waals surface area contributed by atoms with Crippen LogP contribution in [0.2, 0.25) is 0 Å². The van der Waals surface area contributed by atoms with Gasteiger partial charge in [-0.05, 0) is 30.0 Å². The van der Waals surface area contributed by atoms with E-state index in [-0.39, 0.29) is 18.2 Å². The van der Waals surface area contributed by atoms with Crippen molar-refractivity contribution in [3.05, 3.63) is 35.6 Å². The maximum atomic E-state index is 12.9. The van der Waals surface area contributed by atoms with Crippen molar-refractivity contribution in [3.63, 3.8) is 0 Å². The third-order valence-corrected chi connectivity index (χ3v) is 3.48. The summed E-state index contributed by atoms with van der Waals surface area (Å²) in [5, 5.41) is 11.7. The van der Waals surface area contributed by atoms with Gasteiger partial charge in [0, 0.05) is 19.6 Å². The maximum absolute atomic E-state index is 12.9. The molecule has 1 aliphatic heterocycles. The van der Waals surface area contributed by atoms with Gasteiger partial charge in [0.1, 0.15) is 5.82 Å². The third kappa shape index (κ3) is 4.82. The number of carbonyl (C=O) groups is 2. The topological polar surface area (TPSA) is 75.6 Å². The number of nitrogens with one attached hydrogen (secondary N) is 1. The second kappa shape index (κ2) is 7.17. The van der Waals surface area contributed by atoms with Crippen LogP contribution < -0.4 is 5.32 Å². The Morgan fingerprint density at radius 1 is 1.38 bits per heavy atom. The standard InChI is InChI=1S/C15H18FNO4/c16-12-3-1-11(2-4-12)13(8-15(19)20)17-14(18)7-10-5-6-21-9-10/h1-4,10,13H,5-9H2,(H,17,18)(H,19,20)/t10-,13+/m1/s1. The Bertz CT molecular complexity index is 497. The van der Waals surface area contributed by atoms with Gasteiger partial charge in [0.15, 0.2) is 0 Å². The summed E-state index contributed by atoms with van der Waals surface area (Å²) in [4.78, 5) is 22.9. The molecule has 5 nitrogen and oxygen atoms in total. The Kier molecular flexibility index (Phi) is 5.27. The lowest BCUT2D eigenvalue weighted by Gasteiger charge is -2.18. The SMILES string of the molecule is O=C(O)C[C@H](NC(=O)C[C@H]1CCOC1)c1ccc(F)cc1. The molecule has 2 N–H and O–H groups in total. The minimum Gasteiger partial charge on any atom is -0.481 e.